The van der Waals surface area contributed by atoms with E-state index in [-0.39, 0.29) is 18.6 Å². The van der Waals surface area contributed by atoms with Gasteiger partial charge >= 0.3 is 12.1 Å². The Balaban J connectivity index is 1.23. The molecule has 0 heterocycles. The number of carboxylic acids is 1. The lowest BCUT2D eigenvalue weighted by atomic mass is 9.98. The highest BCUT2D eigenvalue weighted by molar-refractivity contribution is 5.89. The van der Waals surface area contributed by atoms with Gasteiger partial charge in [0, 0.05) is 12.0 Å². The zero-order valence-corrected chi connectivity index (χ0v) is 18.3. The molecule has 33 heavy (non-hydrogen) atoms. The topological polar surface area (TPSA) is 105 Å². The van der Waals surface area contributed by atoms with Crippen LogP contribution in [0.4, 0.5) is 4.79 Å². The SMILES string of the molecule is O=C(O)CC(NC(=O)OCC1c2ccccc2-c2ccccc21)C(=O)NC(C1CC1)C1CC1. The summed E-state index contributed by atoms with van der Waals surface area (Å²) < 4.78 is 5.50. The molecule has 0 aromatic heterocycles. The fourth-order valence-corrected chi connectivity index (χ4v) is 4.96. The van der Waals surface area contributed by atoms with Crippen LogP contribution in [0.1, 0.15) is 49.1 Å². The van der Waals surface area contributed by atoms with E-state index >= 15 is 0 Å². The Morgan fingerprint density at radius 2 is 1.42 bits per heavy atom. The number of hydrogen-bond acceptors (Lipinski definition) is 4. The van der Waals surface area contributed by atoms with Crippen molar-refractivity contribution >= 4 is 18.0 Å². The summed E-state index contributed by atoms with van der Waals surface area (Å²) in [6.07, 6.45) is 3.08. The molecule has 3 N–H and O–H groups in total. The van der Waals surface area contributed by atoms with Crippen molar-refractivity contribution in [3.05, 3.63) is 59.7 Å². The van der Waals surface area contributed by atoms with E-state index in [2.05, 4.69) is 22.8 Å². The molecule has 7 heteroatoms. The zero-order chi connectivity index (χ0) is 22.9. The summed E-state index contributed by atoms with van der Waals surface area (Å²) in [5.74, 6) is -0.759. The van der Waals surface area contributed by atoms with Gasteiger partial charge in [-0.15, -0.1) is 0 Å². The molecule has 1 atom stereocenters. The van der Waals surface area contributed by atoms with Gasteiger partial charge in [-0.3, -0.25) is 9.59 Å². The Bertz CT molecular complexity index is 1020. The lowest BCUT2D eigenvalue weighted by Crippen LogP contribution is -2.51. The molecule has 2 aromatic carbocycles. The summed E-state index contributed by atoms with van der Waals surface area (Å²) in [5, 5.41) is 14.8. The van der Waals surface area contributed by atoms with Crippen LogP contribution in [-0.4, -0.2) is 41.8 Å². The maximum absolute atomic E-state index is 12.8. The lowest BCUT2D eigenvalue weighted by molar-refractivity contribution is -0.140. The van der Waals surface area contributed by atoms with E-state index in [1.165, 1.54) is 0 Å². The van der Waals surface area contributed by atoms with E-state index in [0.717, 1.165) is 47.9 Å². The van der Waals surface area contributed by atoms with Crippen LogP contribution < -0.4 is 10.6 Å². The molecule has 0 spiro atoms. The fraction of sp³-hybridized carbons (Fsp3) is 0.423. The number of alkyl carbamates (subject to hydrolysis) is 1. The molecule has 5 rings (SSSR count). The quantitative estimate of drug-likeness (QED) is 0.543. The number of fused-ring (bicyclic) bond motifs is 3. The third kappa shape index (κ3) is 4.72. The lowest BCUT2D eigenvalue weighted by Gasteiger charge is -2.23. The van der Waals surface area contributed by atoms with Gasteiger partial charge in [0.05, 0.1) is 6.42 Å². The fourth-order valence-electron chi connectivity index (χ4n) is 4.96. The minimum Gasteiger partial charge on any atom is -0.481 e. The summed E-state index contributed by atoms with van der Waals surface area (Å²) in [4.78, 5) is 36.8. The largest absolute Gasteiger partial charge is 0.481 e. The van der Waals surface area contributed by atoms with Crippen molar-refractivity contribution in [1.29, 1.82) is 0 Å². The van der Waals surface area contributed by atoms with E-state index in [4.69, 9.17) is 4.74 Å². The van der Waals surface area contributed by atoms with Gasteiger partial charge in [-0.2, -0.15) is 0 Å². The van der Waals surface area contributed by atoms with Crippen LogP contribution in [0, 0.1) is 11.8 Å². The number of aliphatic carboxylic acids is 1. The predicted octanol–water partition coefficient (Wildman–Crippen LogP) is 3.67. The minimum absolute atomic E-state index is 0.0816. The summed E-state index contributed by atoms with van der Waals surface area (Å²) in [7, 11) is 0. The normalized spacial score (nSPS) is 17.7. The molecule has 0 saturated heterocycles. The molecule has 172 valence electrons. The Labute approximate surface area is 192 Å². The second-order valence-corrected chi connectivity index (χ2v) is 9.33. The average Bonchev–Trinajstić information content (AvgIpc) is 3.72. The molecule has 0 aliphatic heterocycles. The summed E-state index contributed by atoms with van der Waals surface area (Å²) in [5.41, 5.74) is 4.42. The number of amides is 2. The first kappa shape index (κ1) is 21.5. The predicted molar refractivity (Wildman–Crippen MR) is 122 cm³/mol. The van der Waals surface area contributed by atoms with Gasteiger partial charge in [0.25, 0.3) is 0 Å². The van der Waals surface area contributed by atoms with Gasteiger partial charge in [-0.1, -0.05) is 48.5 Å². The monoisotopic (exact) mass is 448 g/mol. The number of benzene rings is 2. The summed E-state index contributed by atoms with van der Waals surface area (Å²) in [6, 6.07) is 15.0. The van der Waals surface area contributed by atoms with Crippen molar-refractivity contribution in [3.63, 3.8) is 0 Å². The van der Waals surface area contributed by atoms with Gasteiger partial charge in [0.2, 0.25) is 5.91 Å². The van der Waals surface area contributed by atoms with E-state index in [1.807, 2.05) is 36.4 Å². The number of ether oxygens (including phenoxy) is 1. The number of carboxylic acid groups (broad SMARTS) is 1. The van der Waals surface area contributed by atoms with E-state index in [1.54, 1.807) is 0 Å². The van der Waals surface area contributed by atoms with Crippen LogP contribution in [0.5, 0.6) is 0 Å². The molecule has 3 aliphatic rings. The Morgan fingerprint density at radius 3 is 1.94 bits per heavy atom. The number of carbonyl (C=O) groups excluding carboxylic acids is 2. The first-order valence-corrected chi connectivity index (χ1v) is 11.6. The van der Waals surface area contributed by atoms with Crippen LogP contribution in [0.2, 0.25) is 0 Å². The van der Waals surface area contributed by atoms with Crippen LogP contribution in [-0.2, 0) is 14.3 Å². The first-order chi connectivity index (χ1) is 16.0. The van der Waals surface area contributed by atoms with Gasteiger partial charge < -0.3 is 20.5 Å². The maximum Gasteiger partial charge on any atom is 0.407 e. The van der Waals surface area contributed by atoms with Crippen molar-refractivity contribution < 1.29 is 24.2 Å². The number of hydrogen-bond donors (Lipinski definition) is 3. The maximum atomic E-state index is 12.8. The molecule has 1 unspecified atom stereocenters. The second-order valence-electron chi connectivity index (χ2n) is 9.33. The molecular formula is C26H28N2O5. The summed E-state index contributed by atoms with van der Waals surface area (Å²) in [6.45, 7) is 0.105. The van der Waals surface area contributed by atoms with Crippen molar-refractivity contribution in [3.8, 4) is 11.1 Å². The molecule has 2 fully saturated rings. The highest BCUT2D eigenvalue weighted by Gasteiger charge is 2.43. The molecule has 3 aliphatic carbocycles. The zero-order valence-electron chi connectivity index (χ0n) is 18.3. The van der Waals surface area contributed by atoms with Gasteiger partial charge in [0.15, 0.2) is 0 Å². The molecule has 0 bridgehead atoms. The van der Waals surface area contributed by atoms with Crippen LogP contribution in [0.3, 0.4) is 0 Å². The van der Waals surface area contributed by atoms with Crippen molar-refractivity contribution in [2.45, 2.75) is 50.1 Å². The molecular weight excluding hydrogens is 420 g/mol. The summed E-state index contributed by atoms with van der Waals surface area (Å²) >= 11 is 0. The van der Waals surface area contributed by atoms with Crippen molar-refractivity contribution in [1.82, 2.24) is 10.6 Å². The van der Waals surface area contributed by atoms with Crippen LogP contribution in [0.15, 0.2) is 48.5 Å². The van der Waals surface area contributed by atoms with E-state index < -0.39 is 30.4 Å². The Morgan fingerprint density at radius 1 is 0.879 bits per heavy atom. The number of nitrogens with one attached hydrogen (secondary N) is 2. The third-order valence-electron chi connectivity index (χ3n) is 6.90. The highest BCUT2D eigenvalue weighted by Crippen LogP contribution is 2.45. The standard InChI is InChI=1S/C26H28N2O5/c29-23(30)13-22(25(31)28-24(15-9-10-15)16-11-12-16)27-26(32)33-14-21-19-7-3-1-5-17(19)18-6-2-4-8-20(18)21/h1-8,15-16,21-22,24H,9-14H2,(H,27,32)(H,28,31)(H,29,30). The molecule has 2 saturated carbocycles. The smallest absolute Gasteiger partial charge is 0.407 e. The molecule has 2 aromatic rings. The average molecular weight is 449 g/mol. The van der Waals surface area contributed by atoms with E-state index in [9.17, 15) is 19.5 Å². The van der Waals surface area contributed by atoms with E-state index in [0.29, 0.717) is 11.8 Å². The Kier molecular flexibility index (Phi) is 5.79. The molecule has 0 radical (unpaired) electrons. The molecule has 2 amide bonds. The van der Waals surface area contributed by atoms with Crippen LogP contribution in [0.25, 0.3) is 11.1 Å². The van der Waals surface area contributed by atoms with Gasteiger partial charge in [0.1, 0.15) is 12.6 Å². The third-order valence-corrected chi connectivity index (χ3v) is 6.90. The van der Waals surface area contributed by atoms with Gasteiger partial charge in [-0.05, 0) is 59.8 Å². The Hall–Kier alpha value is -3.35. The number of rotatable bonds is 9. The van der Waals surface area contributed by atoms with Crippen molar-refractivity contribution in [2.75, 3.05) is 6.61 Å². The first-order valence-electron chi connectivity index (χ1n) is 11.6. The minimum atomic E-state index is -1.17. The highest BCUT2D eigenvalue weighted by atomic mass is 16.5. The molecule has 7 nitrogen and oxygen atoms in total. The number of carbonyl (C=O) groups is 3. The second kappa shape index (κ2) is 8.89. The van der Waals surface area contributed by atoms with Crippen LogP contribution >= 0.6 is 0 Å². The van der Waals surface area contributed by atoms with Gasteiger partial charge in [-0.25, -0.2) is 4.79 Å². The van der Waals surface area contributed by atoms with Crippen molar-refractivity contribution in [2.24, 2.45) is 11.8 Å².